The van der Waals surface area contributed by atoms with Crippen LogP contribution >= 0.6 is 34.4 Å². The molecule has 1 aliphatic heterocycles. The predicted octanol–water partition coefficient (Wildman–Crippen LogP) is 5.62. The van der Waals surface area contributed by atoms with E-state index in [-0.39, 0.29) is 29.5 Å². The van der Waals surface area contributed by atoms with E-state index in [1.165, 1.54) is 24.1 Å². The van der Waals surface area contributed by atoms with Crippen LogP contribution in [-0.4, -0.2) is 34.1 Å². The molecule has 0 radical (unpaired) electrons. The first kappa shape index (κ1) is 24.1. The molecule has 0 aliphatic carbocycles. The number of methoxy groups -OCH3 is 1. The van der Waals surface area contributed by atoms with Gasteiger partial charge in [-0.05, 0) is 89.2 Å². The molecular weight excluding hydrogens is 547 g/mol. The number of thioether (sulfide) groups is 1. The van der Waals surface area contributed by atoms with Crippen LogP contribution in [0.15, 0.2) is 41.3 Å². The number of halogens is 1. The Morgan fingerprint density at radius 2 is 1.94 bits per heavy atom. The van der Waals surface area contributed by atoms with Crippen molar-refractivity contribution in [2.75, 3.05) is 7.11 Å². The van der Waals surface area contributed by atoms with Gasteiger partial charge in [0.05, 0.1) is 20.5 Å². The summed E-state index contributed by atoms with van der Waals surface area (Å²) in [5.41, 5.74) is 1.50. The zero-order chi connectivity index (χ0) is 23.4. The number of carbonyl (C=O) groups is 2. The lowest BCUT2D eigenvalue weighted by atomic mass is 10.1. The van der Waals surface area contributed by atoms with E-state index in [9.17, 15) is 19.7 Å². The molecule has 0 spiro atoms. The third kappa shape index (κ3) is 5.23. The van der Waals surface area contributed by atoms with Crippen molar-refractivity contribution in [3.05, 3.63) is 66.1 Å². The minimum absolute atomic E-state index is 0.0167. The van der Waals surface area contributed by atoms with Gasteiger partial charge in [0, 0.05) is 18.2 Å². The van der Waals surface area contributed by atoms with Crippen LogP contribution in [0.5, 0.6) is 11.5 Å². The summed E-state index contributed by atoms with van der Waals surface area (Å²) >= 11 is 3.05. The number of nitrogens with zero attached hydrogens (tertiary/aromatic N) is 2. The van der Waals surface area contributed by atoms with Gasteiger partial charge < -0.3 is 9.47 Å². The van der Waals surface area contributed by atoms with Gasteiger partial charge in [-0.25, -0.2) is 0 Å². The third-order valence-electron chi connectivity index (χ3n) is 4.94. The van der Waals surface area contributed by atoms with Crippen LogP contribution < -0.4 is 9.47 Å². The fourth-order valence-electron chi connectivity index (χ4n) is 3.03. The largest absolute Gasteiger partial charge is 0.493 e. The maximum atomic E-state index is 12.7. The zero-order valence-corrected chi connectivity index (χ0v) is 20.6. The average molecular weight is 568 g/mol. The quantitative estimate of drug-likeness (QED) is 0.176. The maximum absolute atomic E-state index is 12.7. The molecular formula is C22H21IN2O6S. The molecule has 168 valence electrons. The minimum Gasteiger partial charge on any atom is -0.493 e. The fraction of sp³-hybridized carbons (Fsp3) is 0.273. The topological polar surface area (TPSA) is 99.0 Å². The van der Waals surface area contributed by atoms with Crippen molar-refractivity contribution in [1.29, 1.82) is 0 Å². The summed E-state index contributed by atoms with van der Waals surface area (Å²) in [5, 5.41) is 10.5. The Balaban J connectivity index is 1.81. The molecule has 10 heteroatoms. The van der Waals surface area contributed by atoms with Crippen molar-refractivity contribution < 1.29 is 24.0 Å². The number of amides is 2. The number of rotatable bonds is 8. The number of hydrogen-bond donors (Lipinski definition) is 0. The summed E-state index contributed by atoms with van der Waals surface area (Å²) in [4.78, 5) is 36.9. The van der Waals surface area contributed by atoms with E-state index < -0.39 is 4.92 Å². The minimum atomic E-state index is -0.451. The number of non-ortho nitro benzene ring substituents is 1. The Kier molecular flexibility index (Phi) is 7.77. The van der Waals surface area contributed by atoms with Crippen molar-refractivity contribution in [2.45, 2.75) is 32.9 Å². The molecule has 0 saturated carbocycles. The van der Waals surface area contributed by atoms with E-state index in [2.05, 4.69) is 22.6 Å². The first-order chi connectivity index (χ1) is 15.2. The summed E-state index contributed by atoms with van der Waals surface area (Å²) in [6.45, 7) is 3.99. The molecule has 32 heavy (non-hydrogen) atoms. The molecule has 1 heterocycles. The van der Waals surface area contributed by atoms with E-state index in [1.807, 2.05) is 19.9 Å². The smallest absolute Gasteiger partial charge is 0.293 e. The van der Waals surface area contributed by atoms with Crippen LogP contribution in [0.2, 0.25) is 0 Å². The third-order valence-corrected chi connectivity index (χ3v) is 6.62. The van der Waals surface area contributed by atoms with E-state index in [4.69, 9.17) is 9.47 Å². The van der Waals surface area contributed by atoms with Gasteiger partial charge in [0.1, 0.15) is 6.61 Å². The van der Waals surface area contributed by atoms with Crippen LogP contribution in [0.25, 0.3) is 6.08 Å². The number of imide groups is 1. The van der Waals surface area contributed by atoms with Crippen molar-refractivity contribution >= 4 is 57.3 Å². The Labute approximate surface area is 203 Å². The molecule has 0 bridgehead atoms. The lowest BCUT2D eigenvalue weighted by Crippen LogP contribution is -2.36. The Bertz CT molecular complexity index is 1090. The predicted molar refractivity (Wildman–Crippen MR) is 131 cm³/mol. The van der Waals surface area contributed by atoms with Crippen molar-refractivity contribution in [3.63, 3.8) is 0 Å². The zero-order valence-electron chi connectivity index (χ0n) is 17.7. The van der Waals surface area contributed by atoms with Gasteiger partial charge in [-0.3, -0.25) is 24.6 Å². The molecule has 1 saturated heterocycles. The summed E-state index contributed by atoms with van der Waals surface area (Å²) in [5.74, 6) is 0.712. The molecule has 1 fully saturated rings. The fourth-order valence-corrected chi connectivity index (χ4v) is 4.74. The summed E-state index contributed by atoms with van der Waals surface area (Å²) < 4.78 is 12.2. The molecule has 1 atom stereocenters. The molecule has 3 rings (SSSR count). The summed E-state index contributed by atoms with van der Waals surface area (Å²) in [6, 6.07) is 9.56. The van der Waals surface area contributed by atoms with Crippen molar-refractivity contribution in [1.82, 2.24) is 4.90 Å². The average Bonchev–Trinajstić information content (AvgIpc) is 3.05. The van der Waals surface area contributed by atoms with E-state index in [1.54, 1.807) is 24.3 Å². The highest BCUT2D eigenvalue weighted by Crippen LogP contribution is 2.38. The number of hydrogen-bond acceptors (Lipinski definition) is 7. The highest BCUT2D eigenvalue weighted by Gasteiger charge is 2.37. The number of nitro benzene ring substituents is 1. The van der Waals surface area contributed by atoms with Crippen LogP contribution in [0.4, 0.5) is 10.5 Å². The normalized spacial score (nSPS) is 15.9. The number of carbonyl (C=O) groups excluding carboxylic acids is 2. The van der Waals surface area contributed by atoms with E-state index in [0.717, 1.165) is 20.9 Å². The van der Waals surface area contributed by atoms with Gasteiger partial charge in [-0.2, -0.15) is 0 Å². The monoisotopic (exact) mass is 568 g/mol. The number of nitro groups is 1. The second kappa shape index (κ2) is 10.3. The Morgan fingerprint density at radius 3 is 2.53 bits per heavy atom. The van der Waals surface area contributed by atoms with Crippen molar-refractivity contribution in [3.8, 4) is 11.5 Å². The molecule has 0 unspecified atom stereocenters. The van der Waals surface area contributed by atoms with Gasteiger partial charge in [0.25, 0.3) is 16.8 Å². The van der Waals surface area contributed by atoms with Gasteiger partial charge >= 0.3 is 0 Å². The second-order valence-corrected chi connectivity index (χ2v) is 9.21. The van der Waals surface area contributed by atoms with E-state index >= 15 is 0 Å². The Hall–Kier alpha value is -2.60. The standard InChI is InChI=1S/C22H21IN2O6S/c1-4-13(2)24-21(26)19(32-22(24)27)11-15-9-17(23)20(18(10-15)30-3)31-12-14-5-7-16(8-6-14)25(28)29/h5-11,13H,4,12H2,1-3H3/b19-11+/t13-/m0/s1. The molecule has 8 nitrogen and oxygen atoms in total. The summed E-state index contributed by atoms with van der Waals surface area (Å²) in [6.07, 6.45) is 2.37. The lowest BCUT2D eigenvalue weighted by molar-refractivity contribution is -0.384. The van der Waals surface area contributed by atoms with Gasteiger partial charge in [-0.15, -0.1) is 0 Å². The maximum Gasteiger partial charge on any atom is 0.293 e. The molecule has 1 aliphatic rings. The number of benzene rings is 2. The molecule has 0 N–H and O–H groups in total. The highest BCUT2D eigenvalue weighted by atomic mass is 127. The van der Waals surface area contributed by atoms with Crippen LogP contribution in [0.1, 0.15) is 31.4 Å². The van der Waals surface area contributed by atoms with Gasteiger partial charge in [0.2, 0.25) is 0 Å². The second-order valence-electron chi connectivity index (χ2n) is 7.06. The van der Waals surface area contributed by atoms with Gasteiger partial charge in [-0.1, -0.05) is 6.92 Å². The Morgan fingerprint density at radius 1 is 1.25 bits per heavy atom. The number of ether oxygens (including phenoxy) is 2. The summed E-state index contributed by atoms with van der Waals surface area (Å²) in [7, 11) is 1.52. The van der Waals surface area contributed by atoms with Crippen LogP contribution in [0.3, 0.4) is 0 Å². The SMILES string of the molecule is CC[C@H](C)N1C(=O)S/C(=C/c2cc(I)c(OCc3ccc([N+](=O)[O-])cc3)c(OC)c2)C1=O. The highest BCUT2D eigenvalue weighted by molar-refractivity contribution is 14.1. The molecule has 2 amide bonds. The lowest BCUT2D eigenvalue weighted by Gasteiger charge is -2.19. The van der Waals surface area contributed by atoms with Crippen molar-refractivity contribution in [2.24, 2.45) is 0 Å². The van der Waals surface area contributed by atoms with E-state index in [0.29, 0.717) is 28.4 Å². The first-order valence-corrected chi connectivity index (χ1v) is 11.6. The molecule has 0 aromatic heterocycles. The van der Waals surface area contributed by atoms with Gasteiger partial charge in [0.15, 0.2) is 11.5 Å². The first-order valence-electron chi connectivity index (χ1n) is 9.75. The van der Waals surface area contributed by atoms with Crippen LogP contribution in [0, 0.1) is 13.7 Å². The molecule has 2 aromatic carbocycles. The van der Waals surface area contributed by atoms with Crippen LogP contribution in [-0.2, 0) is 11.4 Å². The molecule has 2 aromatic rings.